The lowest BCUT2D eigenvalue weighted by atomic mass is 10.1. The molecular weight excluding hydrogens is 252 g/mol. The molecule has 1 aromatic carbocycles. The van der Waals surface area contributed by atoms with Crippen LogP contribution in [0.4, 0.5) is 0 Å². The van der Waals surface area contributed by atoms with Crippen LogP contribution in [-0.4, -0.2) is 34.4 Å². The highest BCUT2D eigenvalue weighted by atomic mass is 16.5. The number of fused-ring (bicyclic) bond motifs is 1. The zero-order chi connectivity index (χ0) is 14.6. The number of benzene rings is 1. The summed E-state index contributed by atoms with van der Waals surface area (Å²) >= 11 is 0. The Bertz CT molecular complexity index is 557. The third kappa shape index (κ3) is 3.32. The second kappa shape index (κ2) is 6.29. The van der Waals surface area contributed by atoms with Crippen LogP contribution in [0.15, 0.2) is 24.4 Å². The van der Waals surface area contributed by atoms with Crippen LogP contribution >= 0.6 is 0 Å². The van der Waals surface area contributed by atoms with Crippen LogP contribution in [0, 0.1) is 5.21 Å². The predicted molar refractivity (Wildman–Crippen MR) is 82.5 cm³/mol. The minimum absolute atomic E-state index is 0.113. The van der Waals surface area contributed by atoms with Gasteiger partial charge in [0, 0.05) is 23.5 Å². The summed E-state index contributed by atoms with van der Waals surface area (Å²) in [7, 11) is 0. The molecule has 1 aromatic heterocycles. The van der Waals surface area contributed by atoms with Gasteiger partial charge >= 0.3 is 0 Å². The first kappa shape index (κ1) is 14.9. The maximum absolute atomic E-state index is 12.7. The number of nitrogens with zero attached hydrogens (tertiary/aromatic N) is 1. The quantitative estimate of drug-likeness (QED) is 0.600. The van der Waals surface area contributed by atoms with Crippen molar-refractivity contribution in [1.29, 1.82) is 0 Å². The van der Waals surface area contributed by atoms with Crippen molar-refractivity contribution in [1.82, 2.24) is 4.98 Å². The van der Waals surface area contributed by atoms with Gasteiger partial charge in [0.05, 0.1) is 19.6 Å². The van der Waals surface area contributed by atoms with Crippen LogP contribution in [0.25, 0.3) is 10.9 Å². The van der Waals surface area contributed by atoms with Gasteiger partial charge in [0.2, 0.25) is 0 Å². The average Bonchev–Trinajstić information content (AvgIpc) is 2.79. The smallest absolute Gasteiger partial charge is 0.116 e. The predicted octanol–water partition coefficient (Wildman–Crippen LogP) is 3.55. The number of aromatic nitrogens is 1. The van der Waals surface area contributed by atoms with Gasteiger partial charge in [0.1, 0.15) is 5.75 Å². The Labute approximate surface area is 120 Å². The molecule has 2 aromatic rings. The minimum atomic E-state index is -0.113. The van der Waals surface area contributed by atoms with E-state index in [0.29, 0.717) is 19.6 Å². The number of hydroxylamine groups is 3. The lowest BCUT2D eigenvalue weighted by Crippen LogP contribution is -2.44. The molecule has 20 heavy (non-hydrogen) atoms. The zero-order valence-electron chi connectivity index (χ0n) is 12.4. The second-order valence-electron chi connectivity index (χ2n) is 5.52. The highest BCUT2D eigenvalue weighted by molar-refractivity contribution is 5.84. The largest absolute Gasteiger partial charge is 0.633 e. The fraction of sp³-hybridized carbons (Fsp3) is 0.500. The summed E-state index contributed by atoms with van der Waals surface area (Å²) < 4.78 is -0.113. The molecule has 0 aliphatic heterocycles. The van der Waals surface area contributed by atoms with Crippen LogP contribution in [0.5, 0.6) is 5.75 Å². The lowest BCUT2D eigenvalue weighted by molar-refractivity contribution is -0.880. The molecule has 0 aliphatic carbocycles. The van der Waals surface area contributed by atoms with Crippen molar-refractivity contribution in [3.63, 3.8) is 0 Å². The standard InChI is InChI=1S/C16H24N2O2/c1-3-8-18(20,9-4-2)10-7-13-12-17-16-6-5-14(19)11-15(13)16/h5-6,11-12,17,19H,3-4,7-10H2,1-2H3. The Kier molecular flexibility index (Phi) is 4.68. The molecule has 2 rings (SSSR count). The molecule has 0 spiro atoms. The Balaban J connectivity index is 2.13. The summed E-state index contributed by atoms with van der Waals surface area (Å²) in [6.45, 7) is 6.09. The van der Waals surface area contributed by atoms with Gasteiger partial charge in [-0.15, -0.1) is 0 Å². The Morgan fingerprint density at radius 1 is 1.15 bits per heavy atom. The van der Waals surface area contributed by atoms with Gasteiger partial charge in [-0.1, -0.05) is 13.8 Å². The van der Waals surface area contributed by atoms with E-state index in [4.69, 9.17) is 0 Å². The topological polar surface area (TPSA) is 59.1 Å². The van der Waals surface area contributed by atoms with Crippen LogP contribution in [0.3, 0.4) is 0 Å². The van der Waals surface area contributed by atoms with E-state index in [1.165, 1.54) is 0 Å². The zero-order valence-corrected chi connectivity index (χ0v) is 12.4. The fourth-order valence-electron chi connectivity index (χ4n) is 2.85. The van der Waals surface area contributed by atoms with Gasteiger partial charge in [0.25, 0.3) is 0 Å². The number of quaternary nitrogens is 1. The Hall–Kier alpha value is -1.52. The lowest BCUT2D eigenvalue weighted by Gasteiger charge is -2.42. The van der Waals surface area contributed by atoms with Crippen molar-refractivity contribution < 1.29 is 9.75 Å². The van der Waals surface area contributed by atoms with Crippen molar-refractivity contribution in [3.05, 3.63) is 35.2 Å². The van der Waals surface area contributed by atoms with E-state index in [0.717, 1.165) is 35.7 Å². The number of hydrogen-bond donors (Lipinski definition) is 2. The molecule has 0 bridgehead atoms. The third-order valence-electron chi connectivity index (χ3n) is 3.80. The fourth-order valence-corrected chi connectivity index (χ4v) is 2.85. The molecule has 110 valence electrons. The molecule has 0 aliphatic rings. The molecule has 0 saturated carbocycles. The average molecular weight is 276 g/mol. The van der Waals surface area contributed by atoms with Gasteiger partial charge in [-0.3, -0.25) is 0 Å². The van der Waals surface area contributed by atoms with Crippen LogP contribution in [-0.2, 0) is 6.42 Å². The number of rotatable bonds is 7. The van der Waals surface area contributed by atoms with Crippen molar-refractivity contribution >= 4 is 10.9 Å². The Morgan fingerprint density at radius 3 is 2.50 bits per heavy atom. The molecule has 4 heteroatoms. The maximum Gasteiger partial charge on any atom is 0.116 e. The monoisotopic (exact) mass is 276 g/mol. The van der Waals surface area contributed by atoms with E-state index in [-0.39, 0.29) is 10.4 Å². The second-order valence-corrected chi connectivity index (χ2v) is 5.52. The van der Waals surface area contributed by atoms with E-state index in [2.05, 4.69) is 18.8 Å². The maximum atomic E-state index is 12.7. The van der Waals surface area contributed by atoms with Crippen LogP contribution < -0.4 is 0 Å². The molecule has 0 fully saturated rings. The van der Waals surface area contributed by atoms with Gasteiger partial charge in [-0.25, -0.2) is 0 Å². The van der Waals surface area contributed by atoms with Crippen molar-refractivity contribution in [2.24, 2.45) is 0 Å². The molecule has 0 radical (unpaired) electrons. The van der Waals surface area contributed by atoms with E-state index in [9.17, 15) is 10.3 Å². The summed E-state index contributed by atoms with van der Waals surface area (Å²) in [6, 6.07) is 5.30. The van der Waals surface area contributed by atoms with Gasteiger partial charge < -0.3 is 19.9 Å². The molecule has 0 unspecified atom stereocenters. The molecule has 2 N–H and O–H groups in total. The highest BCUT2D eigenvalue weighted by Gasteiger charge is 2.16. The van der Waals surface area contributed by atoms with E-state index in [1.54, 1.807) is 12.1 Å². The number of aromatic amines is 1. The summed E-state index contributed by atoms with van der Waals surface area (Å²) in [4.78, 5) is 3.20. The Morgan fingerprint density at radius 2 is 1.85 bits per heavy atom. The molecule has 0 amide bonds. The van der Waals surface area contributed by atoms with E-state index < -0.39 is 0 Å². The molecule has 0 saturated heterocycles. The minimum Gasteiger partial charge on any atom is -0.633 e. The van der Waals surface area contributed by atoms with E-state index >= 15 is 0 Å². The van der Waals surface area contributed by atoms with Gasteiger partial charge in [-0.2, -0.15) is 0 Å². The normalized spacial score (nSPS) is 12.2. The van der Waals surface area contributed by atoms with Crippen LogP contribution in [0.1, 0.15) is 32.3 Å². The number of aromatic hydroxyl groups is 1. The molecule has 4 nitrogen and oxygen atoms in total. The SMILES string of the molecule is CCC[N+]([O-])(CCC)CCc1c[nH]c2ccc(O)cc12. The number of H-pyrrole nitrogens is 1. The van der Waals surface area contributed by atoms with Crippen molar-refractivity contribution in [2.45, 2.75) is 33.1 Å². The summed E-state index contributed by atoms with van der Waals surface area (Å²) in [5, 5.41) is 23.3. The van der Waals surface area contributed by atoms with Crippen LogP contribution in [0.2, 0.25) is 0 Å². The summed E-state index contributed by atoms with van der Waals surface area (Å²) in [5.74, 6) is 0.267. The van der Waals surface area contributed by atoms with Gasteiger partial charge in [-0.05, 0) is 36.6 Å². The summed E-state index contributed by atoms with van der Waals surface area (Å²) in [5.41, 5.74) is 2.12. The number of phenolic OH excluding ortho intramolecular Hbond substituents is 1. The summed E-state index contributed by atoms with van der Waals surface area (Å²) in [6.07, 6.45) is 4.52. The van der Waals surface area contributed by atoms with Gasteiger partial charge in [0.15, 0.2) is 0 Å². The third-order valence-corrected chi connectivity index (χ3v) is 3.80. The van der Waals surface area contributed by atoms with Crippen molar-refractivity contribution in [2.75, 3.05) is 19.6 Å². The van der Waals surface area contributed by atoms with Crippen molar-refractivity contribution in [3.8, 4) is 5.75 Å². The molecule has 0 atom stereocenters. The highest BCUT2D eigenvalue weighted by Crippen LogP contribution is 2.24. The van der Waals surface area contributed by atoms with E-state index in [1.807, 2.05) is 12.3 Å². The number of phenols is 1. The molecule has 1 heterocycles. The molecular formula is C16H24N2O2. The first-order valence-electron chi connectivity index (χ1n) is 7.44. The first-order chi connectivity index (χ1) is 9.58. The number of nitrogens with one attached hydrogen (secondary N) is 1. The number of hydrogen-bond acceptors (Lipinski definition) is 2. The first-order valence-corrected chi connectivity index (χ1v) is 7.44.